The Morgan fingerprint density at radius 2 is 1.94 bits per heavy atom. The van der Waals surface area contributed by atoms with Crippen LogP contribution in [-0.2, 0) is 6.54 Å². The highest BCUT2D eigenvalue weighted by molar-refractivity contribution is 9.10. The smallest absolute Gasteiger partial charge is 0.169 e. The lowest BCUT2D eigenvalue weighted by atomic mass is 10.1. The Balaban J connectivity index is 1.98. The molecule has 1 heterocycles. The van der Waals surface area contributed by atoms with Gasteiger partial charge in [0.05, 0.1) is 6.54 Å². The lowest BCUT2D eigenvalue weighted by Gasteiger charge is -2.14. The molecule has 2 aromatic rings. The van der Waals surface area contributed by atoms with Crippen LogP contribution in [0.5, 0.6) is 0 Å². The SMILES string of the molecule is CC(NCc1ccc(Br)o1)c1ccccc1Br. The summed E-state index contributed by atoms with van der Waals surface area (Å²) in [5.41, 5.74) is 1.25. The van der Waals surface area contributed by atoms with Gasteiger partial charge >= 0.3 is 0 Å². The van der Waals surface area contributed by atoms with Crippen molar-refractivity contribution < 1.29 is 4.42 Å². The third kappa shape index (κ3) is 3.44. The minimum atomic E-state index is 0.273. The van der Waals surface area contributed by atoms with E-state index in [9.17, 15) is 0 Å². The zero-order valence-electron chi connectivity index (χ0n) is 9.41. The average Bonchev–Trinajstić information content (AvgIpc) is 2.73. The van der Waals surface area contributed by atoms with E-state index in [1.165, 1.54) is 5.56 Å². The summed E-state index contributed by atoms with van der Waals surface area (Å²) in [7, 11) is 0. The van der Waals surface area contributed by atoms with Crippen LogP contribution in [0.1, 0.15) is 24.3 Å². The molecule has 2 nitrogen and oxygen atoms in total. The molecule has 1 N–H and O–H groups in total. The molecule has 1 aromatic heterocycles. The third-order valence-corrected chi connectivity index (χ3v) is 3.73. The maximum atomic E-state index is 5.44. The summed E-state index contributed by atoms with van der Waals surface area (Å²) in [6.45, 7) is 2.85. The molecule has 17 heavy (non-hydrogen) atoms. The van der Waals surface area contributed by atoms with Gasteiger partial charge in [-0.1, -0.05) is 34.1 Å². The highest BCUT2D eigenvalue weighted by atomic mass is 79.9. The number of furan rings is 1. The van der Waals surface area contributed by atoms with E-state index in [2.05, 4.69) is 56.2 Å². The van der Waals surface area contributed by atoms with Crippen molar-refractivity contribution in [2.45, 2.75) is 19.5 Å². The van der Waals surface area contributed by atoms with Crippen LogP contribution in [0.3, 0.4) is 0 Å². The van der Waals surface area contributed by atoms with Gasteiger partial charge in [-0.2, -0.15) is 0 Å². The fourth-order valence-electron chi connectivity index (χ4n) is 1.64. The van der Waals surface area contributed by atoms with Crippen LogP contribution in [0, 0.1) is 0 Å². The summed E-state index contributed by atoms with van der Waals surface area (Å²) in [6.07, 6.45) is 0. The van der Waals surface area contributed by atoms with E-state index in [0.29, 0.717) is 6.54 Å². The molecule has 0 fully saturated rings. The minimum Gasteiger partial charge on any atom is -0.453 e. The third-order valence-electron chi connectivity index (χ3n) is 2.58. The molecule has 4 heteroatoms. The monoisotopic (exact) mass is 357 g/mol. The zero-order chi connectivity index (χ0) is 12.3. The van der Waals surface area contributed by atoms with Gasteiger partial charge in [0.25, 0.3) is 0 Å². The van der Waals surface area contributed by atoms with Crippen LogP contribution in [0.25, 0.3) is 0 Å². The van der Waals surface area contributed by atoms with Crippen molar-refractivity contribution >= 4 is 31.9 Å². The van der Waals surface area contributed by atoms with Crippen LogP contribution in [0.2, 0.25) is 0 Å². The van der Waals surface area contributed by atoms with E-state index >= 15 is 0 Å². The van der Waals surface area contributed by atoms with Gasteiger partial charge in [0.1, 0.15) is 5.76 Å². The number of rotatable bonds is 4. The van der Waals surface area contributed by atoms with Gasteiger partial charge in [-0.3, -0.25) is 0 Å². The summed E-state index contributed by atoms with van der Waals surface area (Å²) >= 11 is 6.85. The van der Waals surface area contributed by atoms with Gasteiger partial charge in [-0.15, -0.1) is 0 Å². The Morgan fingerprint density at radius 3 is 2.59 bits per heavy atom. The number of benzene rings is 1. The van der Waals surface area contributed by atoms with Gasteiger partial charge in [-0.05, 0) is 46.6 Å². The van der Waals surface area contributed by atoms with Crippen LogP contribution in [0.4, 0.5) is 0 Å². The number of hydrogen-bond acceptors (Lipinski definition) is 2. The quantitative estimate of drug-likeness (QED) is 0.860. The molecule has 0 spiro atoms. The van der Waals surface area contributed by atoms with Crippen LogP contribution < -0.4 is 5.32 Å². The van der Waals surface area contributed by atoms with Crippen molar-refractivity contribution in [3.63, 3.8) is 0 Å². The van der Waals surface area contributed by atoms with E-state index in [1.807, 2.05) is 24.3 Å². The highest BCUT2D eigenvalue weighted by Crippen LogP contribution is 2.23. The lowest BCUT2D eigenvalue weighted by molar-refractivity contribution is 0.446. The van der Waals surface area contributed by atoms with Crippen LogP contribution in [0.15, 0.2) is 50.0 Å². The summed E-state index contributed by atoms with van der Waals surface area (Å²) in [6, 6.07) is 12.4. The fraction of sp³-hybridized carbons (Fsp3) is 0.231. The maximum Gasteiger partial charge on any atom is 0.169 e. The minimum absolute atomic E-state index is 0.273. The molecule has 0 aliphatic carbocycles. The van der Waals surface area contributed by atoms with Gasteiger partial charge in [0.15, 0.2) is 4.67 Å². The first-order valence-electron chi connectivity index (χ1n) is 5.39. The fourth-order valence-corrected chi connectivity index (χ4v) is 2.60. The van der Waals surface area contributed by atoms with Crippen molar-refractivity contribution in [3.8, 4) is 0 Å². The predicted molar refractivity (Wildman–Crippen MR) is 75.8 cm³/mol. The van der Waals surface area contributed by atoms with Crippen molar-refractivity contribution in [3.05, 3.63) is 56.9 Å². The Bertz CT molecular complexity index is 496. The Hall–Kier alpha value is -0.580. The molecule has 0 aliphatic heterocycles. The molecule has 90 valence electrons. The van der Waals surface area contributed by atoms with Crippen molar-refractivity contribution in [1.82, 2.24) is 5.32 Å². The number of hydrogen-bond donors (Lipinski definition) is 1. The van der Waals surface area contributed by atoms with Crippen molar-refractivity contribution in [2.24, 2.45) is 0 Å². The number of halogens is 2. The maximum absolute atomic E-state index is 5.44. The first kappa shape index (κ1) is 12.9. The summed E-state index contributed by atoms with van der Waals surface area (Å²) in [5, 5.41) is 3.42. The topological polar surface area (TPSA) is 25.2 Å². The molecular weight excluding hydrogens is 346 g/mol. The molecule has 1 atom stereocenters. The average molecular weight is 359 g/mol. The molecule has 0 bridgehead atoms. The summed E-state index contributed by atoms with van der Waals surface area (Å²) in [4.78, 5) is 0. The zero-order valence-corrected chi connectivity index (χ0v) is 12.6. The molecule has 2 rings (SSSR count). The largest absolute Gasteiger partial charge is 0.453 e. The van der Waals surface area contributed by atoms with Crippen molar-refractivity contribution in [2.75, 3.05) is 0 Å². The van der Waals surface area contributed by atoms with E-state index in [-0.39, 0.29) is 6.04 Å². The van der Waals surface area contributed by atoms with E-state index < -0.39 is 0 Å². The summed E-state index contributed by atoms with van der Waals surface area (Å²) < 4.78 is 7.33. The van der Waals surface area contributed by atoms with E-state index in [0.717, 1.165) is 14.9 Å². The van der Waals surface area contributed by atoms with Gasteiger partial charge in [-0.25, -0.2) is 0 Å². The second-order valence-corrected chi connectivity index (χ2v) is 5.47. The highest BCUT2D eigenvalue weighted by Gasteiger charge is 2.09. The van der Waals surface area contributed by atoms with E-state index in [1.54, 1.807) is 0 Å². The first-order valence-corrected chi connectivity index (χ1v) is 6.97. The molecule has 0 amide bonds. The van der Waals surface area contributed by atoms with Gasteiger partial charge in [0.2, 0.25) is 0 Å². The lowest BCUT2D eigenvalue weighted by Crippen LogP contribution is -2.18. The standard InChI is InChI=1S/C13H13Br2NO/c1-9(11-4-2-3-5-12(11)14)16-8-10-6-7-13(15)17-10/h2-7,9,16H,8H2,1H3. The Labute approximate surface area is 118 Å². The normalized spacial score (nSPS) is 12.6. The molecule has 1 aromatic carbocycles. The molecular formula is C13H13Br2NO. The van der Waals surface area contributed by atoms with Crippen LogP contribution >= 0.6 is 31.9 Å². The predicted octanol–water partition coefficient (Wildman–Crippen LogP) is 4.66. The molecule has 0 radical (unpaired) electrons. The molecule has 0 saturated carbocycles. The Morgan fingerprint density at radius 1 is 1.18 bits per heavy atom. The second kappa shape index (κ2) is 5.85. The van der Waals surface area contributed by atoms with Gasteiger partial charge < -0.3 is 9.73 Å². The van der Waals surface area contributed by atoms with Crippen molar-refractivity contribution in [1.29, 1.82) is 0 Å². The number of nitrogens with one attached hydrogen (secondary N) is 1. The molecule has 1 unspecified atom stereocenters. The molecule has 0 saturated heterocycles. The van der Waals surface area contributed by atoms with E-state index in [4.69, 9.17) is 4.42 Å². The van der Waals surface area contributed by atoms with Crippen LogP contribution in [-0.4, -0.2) is 0 Å². The van der Waals surface area contributed by atoms with Gasteiger partial charge in [0, 0.05) is 10.5 Å². The second-order valence-electron chi connectivity index (χ2n) is 3.83. The Kier molecular flexibility index (Phi) is 4.42. The molecule has 0 aliphatic rings. The summed E-state index contributed by atoms with van der Waals surface area (Å²) in [5.74, 6) is 0.927. The first-order chi connectivity index (χ1) is 8.16.